The fraction of sp³-hybridized carbons (Fsp3) is 0.192. The number of rotatable bonds is 7. The molecule has 2 amide bonds. The summed E-state index contributed by atoms with van der Waals surface area (Å²) < 4.78 is 1.97. The van der Waals surface area contributed by atoms with E-state index in [0.29, 0.717) is 24.3 Å². The quantitative estimate of drug-likeness (QED) is 0.333. The Balaban J connectivity index is 1.68. The number of carbonyl (C=O) groups excluding carboxylic acids is 2. The monoisotopic (exact) mass is 458 g/mol. The van der Waals surface area contributed by atoms with Crippen molar-refractivity contribution in [1.29, 1.82) is 0 Å². The normalized spacial score (nSPS) is 11.5. The number of hydrogen-bond donors (Lipinski definition) is 2. The van der Waals surface area contributed by atoms with Crippen molar-refractivity contribution >= 4 is 45.4 Å². The molecule has 2 heterocycles. The summed E-state index contributed by atoms with van der Waals surface area (Å²) in [6.07, 6.45) is 2.28. The molecule has 2 N–H and O–H groups in total. The van der Waals surface area contributed by atoms with E-state index in [-0.39, 0.29) is 11.8 Å². The number of fused-ring (bicyclic) bond motifs is 1. The van der Waals surface area contributed by atoms with Crippen LogP contribution in [-0.2, 0) is 11.3 Å². The molecule has 0 aliphatic rings. The fourth-order valence-corrected chi connectivity index (χ4v) is 4.23. The highest BCUT2D eigenvalue weighted by Gasteiger charge is 2.18. The molecule has 0 aliphatic heterocycles. The molecule has 0 saturated heterocycles. The molecule has 0 saturated carbocycles. The van der Waals surface area contributed by atoms with Crippen LogP contribution in [0.2, 0.25) is 0 Å². The second kappa shape index (κ2) is 9.83. The zero-order chi connectivity index (χ0) is 23.4. The smallest absolute Gasteiger partial charge is 0.272 e. The Kier molecular flexibility index (Phi) is 6.70. The van der Waals surface area contributed by atoms with Gasteiger partial charge in [0, 0.05) is 34.1 Å². The minimum Gasteiger partial charge on any atom is -0.330 e. The van der Waals surface area contributed by atoms with Gasteiger partial charge in [0.25, 0.3) is 5.91 Å². The number of aromatic nitrogens is 2. The Morgan fingerprint density at radius 3 is 2.55 bits per heavy atom. The predicted molar refractivity (Wildman–Crippen MR) is 135 cm³/mol. The van der Waals surface area contributed by atoms with E-state index >= 15 is 0 Å². The van der Waals surface area contributed by atoms with E-state index in [9.17, 15) is 9.59 Å². The van der Waals surface area contributed by atoms with E-state index in [1.807, 2.05) is 91.4 Å². The number of para-hydroxylation sites is 1. The van der Waals surface area contributed by atoms with Crippen LogP contribution in [0, 0.1) is 6.92 Å². The lowest BCUT2D eigenvalue weighted by Gasteiger charge is -2.11. The molecular formula is C26H26N4O2S. The molecule has 0 aliphatic carbocycles. The fourth-order valence-electron chi connectivity index (χ4n) is 3.63. The first-order chi connectivity index (χ1) is 15.9. The van der Waals surface area contributed by atoms with Gasteiger partial charge < -0.3 is 15.2 Å². The second-order valence-electron chi connectivity index (χ2n) is 7.93. The zero-order valence-corrected chi connectivity index (χ0v) is 19.7. The third-order valence-electron chi connectivity index (χ3n) is 5.37. The average molecular weight is 459 g/mol. The highest BCUT2D eigenvalue weighted by atomic mass is 32.1. The summed E-state index contributed by atoms with van der Waals surface area (Å²) in [7, 11) is 0. The molecule has 7 heteroatoms. The van der Waals surface area contributed by atoms with Crippen LogP contribution in [0.3, 0.4) is 0 Å². The van der Waals surface area contributed by atoms with Crippen LogP contribution in [-0.4, -0.2) is 21.4 Å². The van der Waals surface area contributed by atoms with Gasteiger partial charge >= 0.3 is 0 Å². The van der Waals surface area contributed by atoms with E-state index in [1.165, 1.54) is 0 Å². The molecule has 0 fully saturated rings. The molecule has 2 aromatic heterocycles. The summed E-state index contributed by atoms with van der Waals surface area (Å²) in [6, 6.07) is 17.0. The van der Waals surface area contributed by atoms with Crippen molar-refractivity contribution in [1.82, 2.24) is 9.55 Å². The highest BCUT2D eigenvalue weighted by Crippen LogP contribution is 2.26. The number of allylic oxidation sites excluding steroid dienone is 1. The number of benzene rings is 2. The molecule has 0 bridgehead atoms. The SMILES string of the molecule is C/C=C(\C)CC(=O)Nc1ccc2c(c1)cc(C(=O)Nc1ccccc1)n2Cc1csc(C)n1. The Labute approximate surface area is 197 Å². The maximum absolute atomic E-state index is 13.2. The largest absolute Gasteiger partial charge is 0.330 e. The summed E-state index contributed by atoms with van der Waals surface area (Å²) in [5.74, 6) is -0.261. The molecule has 6 nitrogen and oxygen atoms in total. The number of nitrogens with zero attached hydrogens (tertiary/aromatic N) is 2. The van der Waals surface area contributed by atoms with Gasteiger partial charge in [0.15, 0.2) is 0 Å². The summed E-state index contributed by atoms with van der Waals surface area (Å²) in [5.41, 5.74) is 4.79. The van der Waals surface area contributed by atoms with Crippen LogP contribution < -0.4 is 10.6 Å². The van der Waals surface area contributed by atoms with Gasteiger partial charge in [-0.05, 0) is 57.2 Å². The summed E-state index contributed by atoms with van der Waals surface area (Å²) in [6.45, 7) is 6.30. The van der Waals surface area contributed by atoms with Crippen molar-refractivity contribution in [2.24, 2.45) is 0 Å². The lowest BCUT2D eigenvalue weighted by molar-refractivity contribution is -0.115. The van der Waals surface area contributed by atoms with Crippen LogP contribution in [0.4, 0.5) is 11.4 Å². The van der Waals surface area contributed by atoms with Crippen LogP contribution in [0.1, 0.15) is 41.5 Å². The minimum absolute atomic E-state index is 0.0654. The van der Waals surface area contributed by atoms with E-state index in [2.05, 4.69) is 15.6 Å². The van der Waals surface area contributed by atoms with Crippen molar-refractivity contribution < 1.29 is 9.59 Å². The van der Waals surface area contributed by atoms with Crippen molar-refractivity contribution in [3.63, 3.8) is 0 Å². The molecule has 0 spiro atoms. The average Bonchev–Trinajstić information content (AvgIpc) is 3.37. The molecule has 0 radical (unpaired) electrons. The third kappa shape index (κ3) is 5.38. The molecular weight excluding hydrogens is 432 g/mol. The van der Waals surface area contributed by atoms with Gasteiger partial charge in [0.05, 0.1) is 17.2 Å². The number of anilines is 2. The summed E-state index contributed by atoms with van der Waals surface area (Å²) in [5, 5.41) is 9.79. The first-order valence-electron chi connectivity index (χ1n) is 10.8. The highest BCUT2D eigenvalue weighted by molar-refractivity contribution is 7.09. The number of carbonyl (C=O) groups is 2. The maximum atomic E-state index is 13.2. The molecule has 33 heavy (non-hydrogen) atoms. The van der Waals surface area contributed by atoms with Crippen molar-refractivity contribution in [2.75, 3.05) is 10.6 Å². The second-order valence-corrected chi connectivity index (χ2v) is 8.99. The number of nitrogens with one attached hydrogen (secondary N) is 2. The molecule has 0 atom stereocenters. The van der Waals surface area contributed by atoms with Gasteiger partial charge in [-0.25, -0.2) is 4.98 Å². The Morgan fingerprint density at radius 1 is 1.06 bits per heavy atom. The van der Waals surface area contributed by atoms with E-state index in [4.69, 9.17) is 0 Å². The minimum atomic E-state index is -0.196. The Hall–Kier alpha value is -3.71. The van der Waals surface area contributed by atoms with Gasteiger partial charge in [-0.15, -0.1) is 11.3 Å². The first kappa shape index (κ1) is 22.5. The topological polar surface area (TPSA) is 76.0 Å². The number of aryl methyl sites for hydroxylation is 1. The van der Waals surface area contributed by atoms with Crippen LogP contribution in [0.25, 0.3) is 10.9 Å². The van der Waals surface area contributed by atoms with Crippen LogP contribution in [0.15, 0.2) is 71.6 Å². The molecule has 2 aromatic carbocycles. The lowest BCUT2D eigenvalue weighted by Crippen LogP contribution is -2.17. The third-order valence-corrected chi connectivity index (χ3v) is 6.19. The summed E-state index contributed by atoms with van der Waals surface area (Å²) in [4.78, 5) is 30.1. The van der Waals surface area contributed by atoms with Crippen molar-refractivity contribution in [2.45, 2.75) is 33.7 Å². The molecule has 4 aromatic rings. The lowest BCUT2D eigenvalue weighted by atomic mass is 10.2. The van der Waals surface area contributed by atoms with E-state index < -0.39 is 0 Å². The molecule has 4 rings (SSSR count). The molecule has 168 valence electrons. The first-order valence-corrected chi connectivity index (χ1v) is 11.6. The number of hydrogen-bond acceptors (Lipinski definition) is 4. The van der Waals surface area contributed by atoms with Crippen molar-refractivity contribution in [3.05, 3.63) is 88.0 Å². The number of amides is 2. The van der Waals surface area contributed by atoms with E-state index in [1.54, 1.807) is 11.3 Å². The van der Waals surface area contributed by atoms with Gasteiger partial charge in [-0.3, -0.25) is 9.59 Å². The van der Waals surface area contributed by atoms with Crippen LogP contribution >= 0.6 is 11.3 Å². The maximum Gasteiger partial charge on any atom is 0.272 e. The van der Waals surface area contributed by atoms with E-state index in [0.717, 1.165) is 32.9 Å². The van der Waals surface area contributed by atoms with Crippen LogP contribution in [0.5, 0.6) is 0 Å². The van der Waals surface area contributed by atoms with Gasteiger partial charge in [0.1, 0.15) is 5.69 Å². The Bertz CT molecular complexity index is 1340. The van der Waals surface area contributed by atoms with Gasteiger partial charge in [-0.2, -0.15) is 0 Å². The standard InChI is InChI=1S/C26H26N4O2S/c1-4-17(2)12-25(31)28-21-10-11-23-19(13-21)14-24(26(32)29-20-8-6-5-7-9-20)30(23)15-22-16-33-18(3)27-22/h4-11,13-14,16H,12,15H2,1-3H3,(H,28,31)(H,29,32)/b17-4+. The summed E-state index contributed by atoms with van der Waals surface area (Å²) >= 11 is 1.59. The van der Waals surface area contributed by atoms with Gasteiger partial charge in [-0.1, -0.05) is 29.8 Å². The predicted octanol–water partition coefficient (Wildman–Crippen LogP) is 6.00. The van der Waals surface area contributed by atoms with Gasteiger partial charge in [0.2, 0.25) is 5.91 Å². The zero-order valence-electron chi connectivity index (χ0n) is 18.9. The Morgan fingerprint density at radius 2 is 1.85 bits per heavy atom. The molecule has 0 unspecified atom stereocenters. The van der Waals surface area contributed by atoms with Crippen molar-refractivity contribution in [3.8, 4) is 0 Å². The number of thiazole rings is 1.